The smallest absolute Gasteiger partial charge is 0.264 e. The number of nitrogens with one attached hydrogen (secondary N) is 1. The summed E-state index contributed by atoms with van der Waals surface area (Å²) in [5, 5.41) is 12.7. The molecule has 3 aromatic rings. The van der Waals surface area contributed by atoms with Crippen LogP contribution in [0.3, 0.4) is 0 Å². The van der Waals surface area contributed by atoms with Gasteiger partial charge in [-0.3, -0.25) is 14.0 Å². The molecule has 1 saturated carbocycles. The first kappa shape index (κ1) is 26.8. The van der Waals surface area contributed by atoms with Crippen LogP contribution in [0.5, 0.6) is 11.5 Å². The third-order valence-electron chi connectivity index (χ3n) is 7.38. The van der Waals surface area contributed by atoms with Crippen molar-refractivity contribution in [2.75, 3.05) is 44.6 Å². The number of likely N-dealkylation sites (tertiary alicyclic amines) is 1. The fraction of sp³-hybridized carbons (Fsp3) is 0.393. The summed E-state index contributed by atoms with van der Waals surface area (Å²) in [5.74, 6) is 1.43. The van der Waals surface area contributed by atoms with E-state index < -0.39 is 5.91 Å². The number of benzene rings is 1. The normalized spacial score (nSPS) is 15.9. The fourth-order valence-corrected chi connectivity index (χ4v) is 4.99. The van der Waals surface area contributed by atoms with Gasteiger partial charge in [0.15, 0.2) is 11.5 Å². The van der Waals surface area contributed by atoms with Crippen molar-refractivity contribution < 1.29 is 19.1 Å². The van der Waals surface area contributed by atoms with Crippen molar-refractivity contribution >= 4 is 34.9 Å². The van der Waals surface area contributed by atoms with Gasteiger partial charge >= 0.3 is 0 Å². The van der Waals surface area contributed by atoms with Crippen LogP contribution in [0, 0.1) is 17.2 Å². The molecule has 0 spiro atoms. The molecule has 1 aliphatic carbocycles. The van der Waals surface area contributed by atoms with Crippen molar-refractivity contribution in [2.24, 2.45) is 11.7 Å². The average molecular weight is 545 g/mol. The molecule has 1 aliphatic heterocycles. The molecular weight excluding hydrogens is 512 g/mol. The Morgan fingerprint density at radius 2 is 1.82 bits per heavy atom. The van der Waals surface area contributed by atoms with Crippen LogP contribution in [0.1, 0.15) is 36.0 Å². The number of primary amides is 1. The Kier molecular flexibility index (Phi) is 7.46. The van der Waals surface area contributed by atoms with E-state index in [1.165, 1.54) is 0 Å². The number of fused-ring (bicyclic) bond motifs is 1. The molecule has 5 rings (SSSR count). The number of allylic oxidation sites excluding steroid dienone is 1. The number of nitrogens with zero attached hydrogens (tertiary/aromatic N) is 6. The lowest BCUT2D eigenvalue weighted by Gasteiger charge is -2.37. The van der Waals surface area contributed by atoms with E-state index in [0.29, 0.717) is 60.6 Å². The van der Waals surface area contributed by atoms with E-state index in [2.05, 4.69) is 16.4 Å². The minimum absolute atomic E-state index is 0.0595. The van der Waals surface area contributed by atoms with E-state index in [-0.39, 0.29) is 28.9 Å². The summed E-state index contributed by atoms with van der Waals surface area (Å²) in [6.45, 7) is 1.05. The van der Waals surface area contributed by atoms with Crippen LogP contribution < -0.4 is 25.4 Å². The number of carbonyl (C=O) groups excluding carboxylic acids is 2. The average Bonchev–Trinajstić information content (AvgIpc) is 3.67. The predicted molar refractivity (Wildman–Crippen MR) is 149 cm³/mol. The maximum Gasteiger partial charge on any atom is 0.264 e. The highest BCUT2D eigenvalue weighted by atomic mass is 16.5. The Hall–Kier alpha value is -4.79. The van der Waals surface area contributed by atoms with E-state index in [4.69, 9.17) is 20.2 Å². The third kappa shape index (κ3) is 5.36. The number of rotatable bonds is 9. The van der Waals surface area contributed by atoms with E-state index in [1.807, 2.05) is 18.0 Å². The first-order valence-electron chi connectivity index (χ1n) is 13.1. The summed E-state index contributed by atoms with van der Waals surface area (Å²) in [4.78, 5) is 38.5. The van der Waals surface area contributed by atoms with E-state index in [1.54, 1.807) is 54.1 Å². The van der Waals surface area contributed by atoms with Gasteiger partial charge in [0, 0.05) is 62.5 Å². The van der Waals surface area contributed by atoms with Crippen molar-refractivity contribution in [2.45, 2.75) is 31.7 Å². The molecule has 0 unspecified atom stereocenters. The Morgan fingerprint density at radius 1 is 1.15 bits per heavy atom. The number of carbonyl (C=O) groups is 2. The number of anilines is 3. The van der Waals surface area contributed by atoms with Gasteiger partial charge < -0.3 is 30.3 Å². The number of nitrogens with two attached hydrogens (primary N) is 1. The van der Waals surface area contributed by atoms with Crippen LogP contribution in [0.2, 0.25) is 0 Å². The molecule has 0 bridgehead atoms. The number of hydrogen-bond acceptors (Lipinski definition) is 9. The molecule has 2 aliphatic rings. The van der Waals surface area contributed by atoms with Gasteiger partial charge in [-0.05, 0) is 31.6 Å². The SMILES string of the molecule is COc1cc(Nc2nc(N(C)C3CCN(C(=O)C(C#N)=CC4CC4)CC3)n3ccnc3c2C(N)=O)cc(OC)c1. The lowest BCUT2D eigenvalue weighted by Crippen LogP contribution is -2.46. The van der Waals surface area contributed by atoms with E-state index in [9.17, 15) is 14.9 Å². The van der Waals surface area contributed by atoms with Crippen LogP contribution in [0.15, 0.2) is 42.2 Å². The Bertz CT molecular complexity index is 1490. The third-order valence-corrected chi connectivity index (χ3v) is 7.38. The van der Waals surface area contributed by atoms with Gasteiger partial charge in [-0.2, -0.15) is 10.2 Å². The molecule has 1 saturated heterocycles. The summed E-state index contributed by atoms with van der Waals surface area (Å²) < 4.78 is 12.5. The minimum Gasteiger partial charge on any atom is -0.497 e. The van der Waals surface area contributed by atoms with Crippen LogP contribution >= 0.6 is 0 Å². The number of piperidine rings is 1. The number of methoxy groups -OCH3 is 2. The van der Waals surface area contributed by atoms with Crippen molar-refractivity contribution in [1.82, 2.24) is 19.3 Å². The summed E-state index contributed by atoms with van der Waals surface area (Å²) in [5.41, 5.74) is 7.14. The molecule has 3 N–H and O–H groups in total. The topological polar surface area (TPSA) is 151 Å². The predicted octanol–water partition coefficient (Wildman–Crippen LogP) is 2.88. The molecule has 0 radical (unpaired) electrons. The van der Waals surface area contributed by atoms with Crippen LogP contribution in [-0.4, -0.2) is 71.5 Å². The second kappa shape index (κ2) is 11.1. The van der Waals surface area contributed by atoms with Crippen molar-refractivity contribution in [3.05, 3.63) is 47.8 Å². The zero-order valence-corrected chi connectivity index (χ0v) is 22.8. The zero-order chi connectivity index (χ0) is 28.4. The summed E-state index contributed by atoms with van der Waals surface area (Å²) in [7, 11) is 5.04. The number of imidazole rings is 1. The van der Waals surface area contributed by atoms with E-state index >= 15 is 0 Å². The highest BCUT2D eigenvalue weighted by Crippen LogP contribution is 2.33. The zero-order valence-electron chi connectivity index (χ0n) is 22.8. The van der Waals surface area contributed by atoms with Crippen LogP contribution in [0.25, 0.3) is 5.65 Å². The largest absolute Gasteiger partial charge is 0.497 e. The highest BCUT2D eigenvalue weighted by Gasteiger charge is 2.31. The molecule has 2 amide bonds. The van der Waals surface area contributed by atoms with Crippen molar-refractivity contribution in [1.29, 1.82) is 5.26 Å². The second-order valence-corrected chi connectivity index (χ2v) is 10.0. The summed E-state index contributed by atoms with van der Waals surface area (Å²) >= 11 is 0. The molecule has 12 nitrogen and oxygen atoms in total. The summed E-state index contributed by atoms with van der Waals surface area (Å²) in [6.07, 6.45) is 8.60. The molecule has 1 aromatic carbocycles. The number of amides is 2. The van der Waals surface area contributed by atoms with Gasteiger partial charge in [0.25, 0.3) is 11.8 Å². The molecular formula is C28H32N8O4. The van der Waals surface area contributed by atoms with Gasteiger partial charge in [0.2, 0.25) is 5.95 Å². The monoisotopic (exact) mass is 544 g/mol. The lowest BCUT2D eigenvalue weighted by atomic mass is 10.0. The second-order valence-electron chi connectivity index (χ2n) is 10.0. The maximum absolute atomic E-state index is 12.9. The van der Waals surface area contributed by atoms with Gasteiger partial charge in [-0.25, -0.2) is 4.98 Å². The standard InChI is InChI=1S/C28H32N8O4/c1-34(20-6-9-35(10-7-20)27(38)18(16-29)12-17-4-5-17)28-33-25(23(24(30)37)26-31-8-11-36(26)28)32-19-13-21(39-2)15-22(14-19)40-3/h8,11-15,17,20,32H,4-7,9-10H2,1-3H3,(H2,30,37). The molecule has 208 valence electrons. The number of nitriles is 1. The minimum atomic E-state index is -0.672. The van der Waals surface area contributed by atoms with Gasteiger partial charge in [0.1, 0.15) is 28.7 Å². The number of aromatic nitrogens is 3. The van der Waals surface area contributed by atoms with Crippen LogP contribution in [0.4, 0.5) is 17.5 Å². The maximum atomic E-state index is 12.9. The molecule has 2 aromatic heterocycles. The van der Waals surface area contributed by atoms with Crippen molar-refractivity contribution in [3.8, 4) is 17.6 Å². The highest BCUT2D eigenvalue weighted by molar-refractivity contribution is 6.04. The molecule has 40 heavy (non-hydrogen) atoms. The Labute approximate surface area is 232 Å². The van der Waals surface area contributed by atoms with Gasteiger partial charge in [-0.15, -0.1) is 0 Å². The molecule has 3 heterocycles. The molecule has 0 atom stereocenters. The lowest BCUT2D eigenvalue weighted by molar-refractivity contribution is -0.127. The van der Waals surface area contributed by atoms with Gasteiger partial charge in [-0.1, -0.05) is 6.08 Å². The van der Waals surface area contributed by atoms with E-state index in [0.717, 1.165) is 12.8 Å². The first-order valence-corrected chi connectivity index (χ1v) is 13.1. The van der Waals surface area contributed by atoms with Crippen molar-refractivity contribution in [3.63, 3.8) is 0 Å². The molecule has 12 heteroatoms. The van der Waals surface area contributed by atoms with Gasteiger partial charge in [0.05, 0.1) is 14.2 Å². The quantitative estimate of drug-likeness (QED) is 0.306. The fourth-order valence-electron chi connectivity index (χ4n) is 4.99. The number of ether oxygens (including phenoxy) is 2. The number of hydrogen-bond donors (Lipinski definition) is 2. The Morgan fingerprint density at radius 3 is 2.40 bits per heavy atom. The van der Waals surface area contributed by atoms with Crippen LogP contribution in [-0.2, 0) is 4.79 Å². The summed E-state index contributed by atoms with van der Waals surface area (Å²) in [6, 6.07) is 7.40. The first-order chi connectivity index (χ1) is 19.3. The Balaban J connectivity index is 1.42. The molecule has 2 fully saturated rings.